The van der Waals surface area contributed by atoms with Crippen molar-refractivity contribution in [3.05, 3.63) is 40.8 Å². The summed E-state index contributed by atoms with van der Waals surface area (Å²) >= 11 is 6.75. The highest BCUT2D eigenvalue weighted by Gasteiger charge is 2.24. The van der Waals surface area contributed by atoms with Crippen molar-refractivity contribution in [2.24, 2.45) is 0 Å². The van der Waals surface area contributed by atoms with Gasteiger partial charge in [0.15, 0.2) is 5.11 Å². The number of carbonyl (C=O) groups is 1. The van der Waals surface area contributed by atoms with E-state index >= 15 is 0 Å². The van der Waals surface area contributed by atoms with Gasteiger partial charge in [0.05, 0.1) is 13.7 Å². The summed E-state index contributed by atoms with van der Waals surface area (Å²) in [5, 5.41) is 7.25. The minimum atomic E-state index is -0.389. The Labute approximate surface area is 151 Å². The van der Waals surface area contributed by atoms with Crippen LogP contribution in [0, 0.1) is 6.92 Å². The van der Waals surface area contributed by atoms with Crippen LogP contribution in [-0.4, -0.2) is 38.5 Å². The van der Waals surface area contributed by atoms with E-state index in [1.807, 2.05) is 37.3 Å². The fourth-order valence-corrected chi connectivity index (χ4v) is 3.63. The molecule has 0 aliphatic carbocycles. The Kier molecular flexibility index (Phi) is 6.72. The molecule has 0 aliphatic heterocycles. The predicted molar refractivity (Wildman–Crippen MR) is 102 cm³/mol. The van der Waals surface area contributed by atoms with Crippen LogP contribution in [0.1, 0.15) is 15.2 Å². The number of thiophene rings is 1. The van der Waals surface area contributed by atoms with Gasteiger partial charge in [0, 0.05) is 24.1 Å². The molecule has 2 rings (SSSR count). The summed E-state index contributed by atoms with van der Waals surface area (Å²) in [6.07, 6.45) is 0. The van der Waals surface area contributed by atoms with Gasteiger partial charge in [-0.15, -0.1) is 11.3 Å². The minimum absolute atomic E-state index is 0.389. The Balaban J connectivity index is 2.35. The number of rotatable bonds is 6. The van der Waals surface area contributed by atoms with Crippen LogP contribution >= 0.6 is 23.6 Å². The topological polar surface area (TPSA) is 59.6 Å². The van der Waals surface area contributed by atoms with E-state index in [-0.39, 0.29) is 5.97 Å². The Morgan fingerprint density at radius 1 is 1.25 bits per heavy atom. The van der Waals surface area contributed by atoms with Crippen molar-refractivity contribution in [1.29, 1.82) is 0 Å². The first kappa shape index (κ1) is 18.4. The van der Waals surface area contributed by atoms with Crippen molar-refractivity contribution in [2.45, 2.75) is 6.92 Å². The highest BCUT2D eigenvalue weighted by atomic mass is 32.1. The van der Waals surface area contributed by atoms with E-state index < -0.39 is 0 Å². The van der Waals surface area contributed by atoms with Crippen molar-refractivity contribution in [3.8, 4) is 11.1 Å². The number of anilines is 1. The number of hydrogen-bond donors (Lipinski definition) is 2. The number of carbonyl (C=O) groups excluding carboxylic acids is 1. The van der Waals surface area contributed by atoms with Crippen LogP contribution in [0.2, 0.25) is 0 Å². The molecule has 0 aliphatic rings. The lowest BCUT2D eigenvalue weighted by atomic mass is 10.0. The maximum Gasteiger partial charge on any atom is 0.341 e. The second-order valence-electron chi connectivity index (χ2n) is 4.97. The summed E-state index contributed by atoms with van der Waals surface area (Å²) in [4.78, 5) is 13.4. The average molecular weight is 364 g/mol. The van der Waals surface area contributed by atoms with Crippen LogP contribution in [0.5, 0.6) is 0 Å². The van der Waals surface area contributed by atoms with Crippen LogP contribution in [0.4, 0.5) is 5.00 Å². The summed E-state index contributed by atoms with van der Waals surface area (Å²) in [6.45, 7) is 3.11. The maximum atomic E-state index is 12.3. The zero-order valence-corrected chi connectivity index (χ0v) is 15.5. The molecule has 0 saturated heterocycles. The van der Waals surface area contributed by atoms with Gasteiger partial charge in [-0.1, -0.05) is 30.3 Å². The number of ether oxygens (including phenoxy) is 2. The van der Waals surface area contributed by atoms with Crippen LogP contribution in [0.25, 0.3) is 11.1 Å². The fraction of sp³-hybridized carbons (Fsp3) is 0.294. The van der Waals surface area contributed by atoms with Crippen molar-refractivity contribution in [2.75, 3.05) is 32.7 Å². The zero-order valence-electron chi connectivity index (χ0n) is 13.8. The van der Waals surface area contributed by atoms with Crippen LogP contribution < -0.4 is 10.6 Å². The summed E-state index contributed by atoms with van der Waals surface area (Å²) in [6, 6.07) is 9.77. The van der Waals surface area contributed by atoms with Gasteiger partial charge >= 0.3 is 5.97 Å². The van der Waals surface area contributed by atoms with Gasteiger partial charge in [-0.25, -0.2) is 4.79 Å². The molecule has 0 bridgehead atoms. The number of hydrogen-bond acceptors (Lipinski definition) is 5. The zero-order chi connectivity index (χ0) is 17.5. The third-order valence-corrected chi connectivity index (χ3v) is 4.62. The number of aryl methyl sites for hydroxylation is 1. The lowest BCUT2D eigenvalue weighted by Gasteiger charge is -2.11. The van der Waals surface area contributed by atoms with Crippen molar-refractivity contribution in [3.63, 3.8) is 0 Å². The third kappa shape index (κ3) is 4.31. The molecule has 0 atom stereocenters. The molecule has 0 fully saturated rings. The smallest absolute Gasteiger partial charge is 0.341 e. The minimum Gasteiger partial charge on any atom is -0.465 e. The third-order valence-electron chi connectivity index (χ3n) is 3.36. The van der Waals surface area contributed by atoms with Crippen molar-refractivity contribution < 1.29 is 14.3 Å². The largest absolute Gasteiger partial charge is 0.465 e. The first-order valence-electron chi connectivity index (χ1n) is 7.39. The van der Waals surface area contributed by atoms with E-state index in [1.54, 1.807) is 7.11 Å². The van der Waals surface area contributed by atoms with Gasteiger partial charge in [-0.05, 0) is 24.7 Å². The molecular formula is C17H20N2O3S2. The Morgan fingerprint density at radius 2 is 1.96 bits per heavy atom. The molecule has 0 amide bonds. The quantitative estimate of drug-likeness (QED) is 0.465. The first-order valence-corrected chi connectivity index (χ1v) is 8.61. The van der Waals surface area contributed by atoms with Crippen LogP contribution in [0.3, 0.4) is 0 Å². The molecular weight excluding hydrogens is 344 g/mol. The molecule has 128 valence electrons. The number of thiocarbonyl (C=S) groups is 1. The summed E-state index contributed by atoms with van der Waals surface area (Å²) in [7, 11) is 3.01. The molecule has 2 aromatic rings. The highest BCUT2D eigenvalue weighted by Crippen LogP contribution is 2.40. The molecule has 0 unspecified atom stereocenters. The number of benzene rings is 1. The second kappa shape index (κ2) is 8.77. The standard InChI is InChI=1S/C17H20N2O3S2/c1-11-13(12-7-5-4-6-8-12)14(16(20)22-3)15(24-11)19-17(23)18-9-10-21-2/h4-8H,9-10H2,1-3H3,(H2,18,19,23). The molecule has 0 spiro atoms. The van der Waals surface area contributed by atoms with Gasteiger partial charge < -0.3 is 20.1 Å². The van der Waals surface area contributed by atoms with E-state index in [2.05, 4.69) is 10.6 Å². The average Bonchev–Trinajstić information content (AvgIpc) is 2.91. The fourth-order valence-electron chi connectivity index (χ4n) is 2.30. The Morgan fingerprint density at radius 3 is 2.58 bits per heavy atom. The molecule has 1 aromatic heterocycles. The molecule has 0 saturated carbocycles. The molecule has 1 aromatic carbocycles. The molecule has 7 heteroatoms. The van der Waals surface area contributed by atoms with Crippen molar-refractivity contribution in [1.82, 2.24) is 5.32 Å². The molecule has 2 N–H and O–H groups in total. The van der Waals surface area contributed by atoms with Gasteiger partial charge in [0.25, 0.3) is 0 Å². The Hall–Kier alpha value is -1.96. The van der Waals surface area contributed by atoms with E-state index in [1.165, 1.54) is 18.4 Å². The van der Waals surface area contributed by atoms with E-state index in [0.717, 1.165) is 16.0 Å². The second-order valence-corrected chi connectivity index (χ2v) is 6.60. The number of methoxy groups -OCH3 is 2. The molecule has 0 radical (unpaired) electrons. The number of esters is 1. The molecule has 24 heavy (non-hydrogen) atoms. The predicted octanol–water partition coefficient (Wildman–Crippen LogP) is 3.44. The molecule has 5 nitrogen and oxygen atoms in total. The maximum absolute atomic E-state index is 12.3. The summed E-state index contributed by atoms with van der Waals surface area (Å²) in [5.74, 6) is -0.389. The first-order chi connectivity index (χ1) is 11.6. The lowest BCUT2D eigenvalue weighted by molar-refractivity contribution is 0.0603. The lowest BCUT2D eigenvalue weighted by Crippen LogP contribution is -2.31. The molecule has 1 heterocycles. The summed E-state index contributed by atoms with van der Waals surface area (Å²) < 4.78 is 9.96. The van der Waals surface area contributed by atoms with Gasteiger partial charge in [-0.2, -0.15) is 0 Å². The van der Waals surface area contributed by atoms with Gasteiger partial charge in [0.1, 0.15) is 10.6 Å². The van der Waals surface area contributed by atoms with Gasteiger partial charge in [0.2, 0.25) is 0 Å². The monoisotopic (exact) mass is 364 g/mol. The van der Waals surface area contributed by atoms with E-state index in [0.29, 0.717) is 28.8 Å². The van der Waals surface area contributed by atoms with Gasteiger partial charge in [-0.3, -0.25) is 0 Å². The van der Waals surface area contributed by atoms with E-state index in [9.17, 15) is 4.79 Å². The van der Waals surface area contributed by atoms with Crippen LogP contribution in [-0.2, 0) is 9.47 Å². The Bertz CT molecular complexity index is 714. The van der Waals surface area contributed by atoms with E-state index in [4.69, 9.17) is 21.7 Å². The van der Waals surface area contributed by atoms with Crippen molar-refractivity contribution >= 4 is 39.6 Å². The highest BCUT2D eigenvalue weighted by molar-refractivity contribution is 7.80. The van der Waals surface area contributed by atoms with Crippen LogP contribution in [0.15, 0.2) is 30.3 Å². The number of nitrogens with one attached hydrogen (secondary N) is 2. The normalized spacial score (nSPS) is 10.3. The SMILES string of the molecule is COCCNC(=S)Nc1sc(C)c(-c2ccccc2)c1C(=O)OC. The summed E-state index contributed by atoms with van der Waals surface area (Å²) in [5.41, 5.74) is 2.34.